The Balaban J connectivity index is 1.53. The number of amides is 1. The van der Waals surface area contributed by atoms with E-state index in [9.17, 15) is 13.2 Å². The summed E-state index contributed by atoms with van der Waals surface area (Å²) in [5.74, 6) is 1.25. The fraction of sp³-hybridized carbons (Fsp3) is 0.412. The van der Waals surface area contributed by atoms with E-state index in [4.69, 9.17) is 0 Å². The van der Waals surface area contributed by atoms with E-state index in [0.717, 1.165) is 11.3 Å². The van der Waals surface area contributed by atoms with Crippen molar-refractivity contribution >= 4 is 21.6 Å². The van der Waals surface area contributed by atoms with Crippen LogP contribution in [0.15, 0.2) is 30.6 Å². The summed E-state index contributed by atoms with van der Waals surface area (Å²) in [6.07, 6.45) is 4.09. The van der Waals surface area contributed by atoms with Gasteiger partial charge in [-0.2, -0.15) is 0 Å². The molecule has 1 saturated heterocycles. The molecule has 2 aromatic heterocycles. The first kappa shape index (κ1) is 18.2. The van der Waals surface area contributed by atoms with Gasteiger partial charge in [-0.3, -0.25) is 9.78 Å². The number of aromatic nitrogens is 3. The highest BCUT2D eigenvalue weighted by molar-refractivity contribution is 7.91. The van der Waals surface area contributed by atoms with Crippen LogP contribution in [-0.2, 0) is 14.6 Å². The monoisotopic (exact) mass is 375 g/mol. The molecule has 8 nitrogen and oxygen atoms in total. The number of aryl methyl sites for hydroxylation is 1. The minimum absolute atomic E-state index is 0.0343. The number of hydrogen-bond donors (Lipinski definition) is 2. The van der Waals surface area contributed by atoms with Crippen LogP contribution < -0.4 is 10.6 Å². The highest BCUT2D eigenvalue weighted by Crippen LogP contribution is 2.17. The van der Waals surface area contributed by atoms with Gasteiger partial charge in [0.15, 0.2) is 15.7 Å². The van der Waals surface area contributed by atoms with Gasteiger partial charge in [0.1, 0.15) is 5.82 Å². The number of rotatable bonds is 6. The topological polar surface area (TPSA) is 114 Å². The molecule has 0 aliphatic carbocycles. The molecule has 0 radical (unpaired) electrons. The standard InChI is InChI=1S/C17H21N5O3S/c1-12-10-15(22-17(20-12)13-2-6-18-7-3-13)19-8-4-16(23)21-14-5-9-26(24,25)11-14/h2-3,6-7,10,14H,4-5,8-9,11H2,1H3,(H,21,23)(H,19,20,22)/t14-/m1/s1. The lowest BCUT2D eigenvalue weighted by atomic mass is 10.2. The van der Waals surface area contributed by atoms with Crippen LogP contribution >= 0.6 is 0 Å². The van der Waals surface area contributed by atoms with Crippen molar-refractivity contribution in [2.24, 2.45) is 0 Å². The van der Waals surface area contributed by atoms with Gasteiger partial charge < -0.3 is 10.6 Å². The Morgan fingerprint density at radius 3 is 2.73 bits per heavy atom. The quantitative estimate of drug-likeness (QED) is 0.773. The summed E-state index contributed by atoms with van der Waals surface area (Å²) < 4.78 is 22.8. The third-order valence-electron chi connectivity index (χ3n) is 4.05. The molecule has 3 rings (SSSR count). The molecule has 0 bridgehead atoms. The normalized spacial score (nSPS) is 18.4. The second-order valence-corrected chi connectivity index (χ2v) is 8.53. The van der Waals surface area contributed by atoms with E-state index < -0.39 is 9.84 Å². The highest BCUT2D eigenvalue weighted by atomic mass is 32.2. The molecule has 2 N–H and O–H groups in total. The summed E-state index contributed by atoms with van der Waals surface area (Å²) in [4.78, 5) is 24.8. The summed E-state index contributed by atoms with van der Waals surface area (Å²) in [6.45, 7) is 2.28. The highest BCUT2D eigenvalue weighted by Gasteiger charge is 2.28. The zero-order valence-corrected chi connectivity index (χ0v) is 15.3. The second-order valence-electron chi connectivity index (χ2n) is 6.30. The average Bonchev–Trinajstić information content (AvgIpc) is 2.93. The van der Waals surface area contributed by atoms with Crippen LogP contribution in [0.5, 0.6) is 0 Å². The molecule has 1 amide bonds. The summed E-state index contributed by atoms with van der Waals surface area (Å²) in [7, 11) is -2.99. The van der Waals surface area contributed by atoms with Crippen molar-refractivity contribution < 1.29 is 13.2 Å². The molecule has 1 atom stereocenters. The molecular weight excluding hydrogens is 354 g/mol. The Kier molecular flexibility index (Phi) is 5.46. The van der Waals surface area contributed by atoms with Gasteiger partial charge >= 0.3 is 0 Å². The first-order valence-electron chi connectivity index (χ1n) is 8.41. The van der Waals surface area contributed by atoms with E-state index >= 15 is 0 Å². The molecule has 0 aromatic carbocycles. The Hall–Kier alpha value is -2.55. The maximum absolute atomic E-state index is 12.0. The van der Waals surface area contributed by atoms with Crippen molar-refractivity contribution in [3.63, 3.8) is 0 Å². The van der Waals surface area contributed by atoms with Gasteiger partial charge in [0, 0.05) is 48.7 Å². The van der Waals surface area contributed by atoms with Crippen LogP contribution in [0.3, 0.4) is 0 Å². The number of nitrogens with one attached hydrogen (secondary N) is 2. The first-order valence-corrected chi connectivity index (χ1v) is 10.2. The number of sulfone groups is 1. The summed E-state index contributed by atoms with van der Waals surface area (Å²) in [5, 5.41) is 5.89. The predicted molar refractivity (Wildman–Crippen MR) is 98.3 cm³/mol. The third kappa shape index (κ3) is 4.98. The number of anilines is 1. The Morgan fingerprint density at radius 2 is 2.04 bits per heavy atom. The zero-order chi connectivity index (χ0) is 18.6. The Morgan fingerprint density at radius 1 is 1.27 bits per heavy atom. The minimum Gasteiger partial charge on any atom is -0.369 e. The van der Waals surface area contributed by atoms with E-state index in [-0.39, 0.29) is 29.9 Å². The first-order chi connectivity index (χ1) is 12.4. The van der Waals surface area contributed by atoms with E-state index in [1.54, 1.807) is 12.4 Å². The van der Waals surface area contributed by atoms with Crippen LogP contribution in [0.4, 0.5) is 5.82 Å². The fourth-order valence-corrected chi connectivity index (χ4v) is 4.48. The maximum atomic E-state index is 12.0. The lowest BCUT2D eigenvalue weighted by Gasteiger charge is -2.12. The zero-order valence-electron chi connectivity index (χ0n) is 14.5. The van der Waals surface area contributed by atoms with Gasteiger partial charge in [-0.25, -0.2) is 18.4 Å². The predicted octanol–water partition coefficient (Wildman–Crippen LogP) is 0.952. The number of nitrogens with zero attached hydrogens (tertiary/aromatic N) is 3. The van der Waals surface area contributed by atoms with Gasteiger partial charge in [-0.15, -0.1) is 0 Å². The lowest BCUT2D eigenvalue weighted by molar-refractivity contribution is -0.121. The smallest absolute Gasteiger partial charge is 0.222 e. The molecule has 26 heavy (non-hydrogen) atoms. The average molecular weight is 375 g/mol. The van der Waals surface area contributed by atoms with Crippen LogP contribution in [0.2, 0.25) is 0 Å². The lowest BCUT2D eigenvalue weighted by Crippen LogP contribution is -2.36. The van der Waals surface area contributed by atoms with Crippen molar-refractivity contribution in [2.45, 2.75) is 25.8 Å². The molecule has 0 saturated carbocycles. The van der Waals surface area contributed by atoms with Gasteiger partial charge in [0.05, 0.1) is 11.5 Å². The van der Waals surface area contributed by atoms with Crippen molar-refractivity contribution in [2.75, 3.05) is 23.4 Å². The van der Waals surface area contributed by atoms with Gasteiger partial charge in [0.2, 0.25) is 5.91 Å². The van der Waals surface area contributed by atoms with Crippen LogP contribution in [0.1, 0.15) is 18.5 Å². The molecule has 138 valence electrons. The van der Waals surface area contributed by atoms with Gasteiger partial charge in [-0.1, -0.05) is 0 Å². The third-order valence-corrected chi connectivity index (χ3v) is 5.82. The SMILES string of the molecule is Cc1cc(NCCC(=O)N[C@@H]2CCS(=O)(=O)C2)nc(-c2ccncc2)n1. The molecule has 1 aliphatic heterocycles. The maximum Gasteiger partial charge on any atom is 0.222 e. The molecule has 1 aliphatic rings. The molecule has 1 fully saturated rings. The van der Waals surface area contributed by atoms with E-state index in [2.05, 4.69) is 25.6 Å². The summed E-state index contributed by atoms with van der Waals surface area (Å²) in [5.41, 5.74) is 1.68. The minimum atomic E-state index is -2.99. The van der Waals surface area contributed by atoms with E-state index in [1.165, 1.54) is 0 Å². The van der Waals surface area contributed by atoms with E-state index in [0.29, 0.717) is 24.6 Å². The van der Waals surface area contributed by atoms with Crippen LogP contribution in [-0.4, -0.2) is 53.4 Å². The Labute approximate surface area is 152 Å². The van der Waals surface area contributed by atoms with Crippen molar-refractivity contribution in [1.82, 2.24) is 20.3 Å². The largest absolute Gasteiger partial charge is 0.369 e. The number of pyridine rings is 1. The molecule has 0 unspecified atom stereocenters. The molecular formula is C17H21N5O3S. The number of carbonyl (C=O) groups is 1. The number of carbonyl (C=O) groups excluding carboxylic acids is 1. The summed E-state index contributed by atoms with van der Waals surface area (Å²) in [6, 6.07) is 5.21. The molecule has 0 spiro atoms. The fourth-order valence-electron chi connectivity index (χ4n) is 2.80. The second kappa shape index (κ2) is 7.77. The van der Waals surface area contributed by atoms with Crippen LogP contribution in [0, 0.1) is 6.92 Å². The summed E-state index contributed by atoms with van der Waals surface area (Å²) >= 11 is 0. The number of hydrogen-bond acceptors (Lipinski definition) is 7. The van der Waals surface area contributed by atoms with Gasteiger partial charge in [-0.05, 0) is 25.5 Å². The molecule has 9 heteroatoms. The molecule has 2 aromatic rings. The molecule has 3 heterocycles. The van der Waals surface area contributed by atoms with E-state index in [1.807, 2.05) is 25.1 Å². The Bertz CT molecular complexity index is 887. The van der Waals surface area contributed by atoms with Crippen LogP contribution in [0.25, 0.3) is 11.4 Å². The van der Waals surface area contributed by atoms with Crippen molar-refractivity contribution in [3.05, 3.63) is 36.3 Å². The van der Waals surface area contributed by atoms with Crippen molar-refractivity contribution in [1.29, 1.82) is 0 Å². The van der Waals surface area contributed by atoms with Crippen molar-refractivity contribution in [3.8, 4) is 11.4 Å². The van der Waals surface area contributed by atoms with Gasteiger partial charge in [0.25, 0.3) is 0 Å².